The van der Waals surface area contributed by atoms with Crippen LogP contribution in [0.2, 0.25) is 20.1 Å². The highest BCUT2D eigenvalue weighted by Crippen LogP contribution is 2.41. The van der Waals surface area contributed by atoms with E-state index in [-0.39, 0.29) is 68.1 Å². The van der Waals surface area contributed by atoms with Crippen molar-refractivity contribution >= 4 is 116 Å². The molecule has 0 aliphatic rings. The van der Waals surface area contributed by atoms with Crippen LogP contribution in [0.3, 0.4) is 0 Å². The van der Waals surface area contributed by atoms with Crippen LogP contribution in [0.25, 0.3) is 0 Å². The van der Waals surface area contributed by atoms with Crippen molar-refractivity contribution in [3.05, 3.63) is 138 Å². The number of carbonyl (C=O) groups is 6. The fourth-order valence-electron chi connectivity index (χ4n) is 6.63. The largest absolute Gasteiger partial charge is 0.417 e. The molecule has 0 bridgehead atoms. The minimum atomic E-state index is -4.80. The summed E-state index contributed by atoms with van der Waals surface area (Å²) in [5, 5.41) is 23.4. The lowest BCUT2D eigenvalue weighted by molar-refractivity contribution is -0.138. The Balaban J connectivity index is 1.32. The van der Waals surface area contributed by atoms with Crippen molar-refractivity contribution < 1.29 is 55.1 Å². The summed E-state index contributed by atoms with van der Waals surface area (Å²) < 4.78 is 80.3. The monoisotopic (exact) mass is 1050 g/mol. The van der Waals surface area contributed by atoms with Gasteiger partial charge in [-0.05, 0) is 98.5 Å². The highest BCUT2D eigenvalue weighted by Gasteiger charge is 2.36. The van der Waals surface area contributed by atoms with E-state index in [0.29, 0.717) is 11.1 Å². The number of nitrogens with zero attached hydrogens (tertiary/aromatic N) is 4. The lowest BCUT2D eigenvalue weighted by Crippen LogP contribution is -2.33. The van der Waals surface area contributed by atoms with Crippen molar-refractivity contribution in [2.75, 3.05) is 21.3 Å². The molecule has 4 N–H and O–H groups in total. The maximum absolute atomic E-state index is 13.6. The summed E-state index contributed by atoms with van der Waals surface area (Å²) >= 11 is 24.7. The molecule has 14 nitrogen and oxygen atoms in total. The SMILES string of the molecule is CCc1c(NC(=O)C(N=Nc2cccc(C(=O)Nc3cccc(C(F)(F)F)c3Cl)c2Cl)C(C)=O)ccc(NC(=O)C(N=Nc2cccc(C(=O)Nc3cccc(C(F)(F)F)c3Cl)c2Cl)C(C)=O)c1CC. The van der Waals surface area contributed by atoms with Crippen LogP contribution < -0.4 is 21.3 Å². The Kier molecular flexibility index (Phi) is 17.6. The molecule has 2 unspecified atom stereocenters. The normalized spacial score (nSPS) is 12.7. The van der Waals surface area contributed by atoms with E-state index in [1.165, 1.54) is 48.5 Å². The summed E-state index contributed by atoms with van der Waals surface area (Å²) in [5.74, 6) is -5.25. The van der Waals surface area contributed by atoms with Crippen LogP contribution in [0.5, 0.6) is 0 Å². The quantitative estimate of drug-likeness (QED) is 0.0430. The molecule has 0 fully saturated rings. The minimum absolute atomic E-state index is 0.170. The molecule has 5 aromatic rings. The second kappa shape index (κ2) is 22.8. The summed E-state index contributed by atoms with van der Waals surface area (Å²) in [7, 11) is 0. The number of benzene rings is 5. The van der Waals surface area contributed by atoms with Gasteiger partial charge in [-0.1, -0.05) is 84.5 Å². The van der Waals surface area contributed by atoms with Gasteiger partial charge >= 0.3 is 12.4 Å². The average Bonchev–Trinajstić information content (AvgIpc) is 3.28. The third-order valence-corrected chi connectivity index (χ3v) is 11.6. The number of rotatable bonds is 16. The number of hydrogen-bond acceptors (Lipinski definition) is 10. The van der Waals surface area contributed by atoms with Gasteiger partial charge in [0.05, 0.1) is 53.7 Å². The van der Waals surface area contributed by atoms with Gasteiger partial charge in [0.1, 0.15) is 11.4 Å². The zero-order valence-electron chi connectivity index (χ0n) is 36.7. The first kappa shape index (κ1) is 54.2. The van der Waals surface area contributed by atoms with Gasteiger partial charge in [-0.3, -0.25) is 28.8 Å². The second-order valence-electron chi connectivity index (χ2n) is 14.8. The van der Waals surface area contributed by atoms with E-state index < -0.39 is 80.8 Å². The lowest BCUT2D eigenvalue weighted by atomic mass is 9.98. The van der Waals surface area contributed by atoms with E-state index in [1.54, 1.807) is 13.8 Å². The van der Waals surface area contributed by atoms with Crippen molar-refractivity contribution in [2.45, 2.75) is 65.0 Å². The van der Waals surface area contributed by atoms with Crippen molar-refractivity contribution in [1.29, 1.82) is 0 Å². The van der Waals surface area contributed by atoms with E-state index in [1.807, 2.05) is 0 Å². The van der Waals surface area contributed by atoms with Crippen molar-refractivity contribution in [3.63, 3.8) is 0 Å². The maximum atomic E-state index is 13.6. The predicted octanol–water partition coefficient (Wildman–Crippen LogP) is 13.3. The highest BCUT2D eigenvalue weighted by atomic mass is 35.5. The molecule has 4 amide bonds. The number of carbonyl (C=O) groups excluding carboxylic acids is 6. The van der Waals surface area contributed by atoms with E-state index in [9.17, 15) is 55.1 Å². The van der Waals surface area contributed by atoms with E-state index >= 15 is 0 Å². The van der Waals surface area contributed by atoms with Crippen LogP contribution in [0.15, 0.2) is 105 Å². The molecule has 0 aromatic heterocycles. The Hall–Kier alpha value is -6.74. The predicted molar refractivity (Wildman–Crippen MR) is 252 cm³/mol. The van der Waals surface area contributed by atoms with Gasteiger partial charge in [-0.15, -0.1) is 0 Å². The number of azo groups is 2. The van der Waals surface area contributed by atoms with Crippen LogP contribution in [-0.2, 0) is 44.4 Å². The molecule has 366 valence electrons. The Morgan fingerprint density at radius 1 is 0.486 bits per heavy atom. The Morgan fingerprint density at radius 2 is 0.829 bits per heavy atom. The first-order valence-corrected chi connectivity index (χ1v) is 21.9. The van der Waals surface area contributed by atoms with Gasteiger partial charge < -0.3 is 21.3 Å². The number of halogens is 10. The van der Waals surface area contributed by atoms with Crippen molar-refractivity contribution in [1.82, 2.24) is 0 Å². The molecule has 5 rings (SSSR count). The van der Waals surface area contributed by atoms with Gasteiger partial charge in [-0.25, -0.2) is 0 Å². The Labute approximate surface area is 414 Å². The second-order valence-corrected chi connectivity index (χ2v) is 16.3. The number of amides is 4. The van der Waals surface area contributed by atoms with Gasteiger partial charge in [0.25, 0.3) is 23.6 Å². The minimum Gasteiger partial charge on any atom is -0.323 e. The molecule has 0 aliphatic heterocycles. The number of hydrogen-bond donors (Lipinski definition) is 4. The van der Waals surface area contributed by atoms with E-state index in [4.69, 9.17) is 46.4 Å². The average molecular weight is 1050 g/mol. The van der Waals surface area contributed by atoms with Crippen molar-refractivity contribution in [2.24, 2.45) is 20.5 Å². The fraction of sp³-hybridized carbons (Fsp3) is 0.217. The van der Waals surface area contributed by atoms with Crippen LogP contribution in [0, 0.1) is 0 Å². The Bertz CT molecular complexity index is 2770. The molecule has 0 saturated heterocycles. The maximum Gasteiger partial charge on any atom is 0.417 e. The van der Waals surface area contributed by atoms with Crippen molar-refractivity contribution in [3.8, 4) is 0 Å². The van der Waals surface area contributed by atoms with Gasteiger partial charge in [0.15, 0.2) is 11.6 Å². The number of ketones is 2. The fourth-order valence-corrected chi connectivity index (χ4v) is 7.69. The third kappa shape index (κ3) is 12.7. The first-order valence-electron chi connectivity index (χ1n) is 20.4. The summed E-state index contributed by atoms with van der Waals surface area (Å²) in [4.78, 5) is 78.9. The third-order valence-electron chi connectivity index (χ3n) is 10.0. The summed E-state index contributed by atoms with van der Waals surface area (Å²) in [6.45, 7) is 5.66. The summed E-state index contributed by atoms with van der Waals surface area (Å²) in [6.07, 6.45) is -9.03. The molecular weight excluding hydrogens is 1020 g/mol. The Morgan fingerprint density at radius 3 is 1.14 bits per heavy atom. The smallest absolute Gasteiger partial charge is 0.323 e. The number of alkyl halides is 6. The number of nitrogens with one attached hydrogen (secondary N) is 4. The topological polar surface area (TPSA) is 200 Å². The summed E-state index contributed by atoms with van der Waals surface area (Å²) in [5.41, 5.74) is -2.39. The van der Waals surface area contributed by atoms with Gasteiger partial charge in [0.2, 0.25) is 12.1 Å². The van der Waals surface area contributed by atoms with Crippen LogP contribution in [0.4, 0.5) is 60.5 Å². The van der Waals surface area contributed by atoms with Crippen LogP contribution in [-0.4, -0.2) is 47.3 Å². The molecule has 0 aliphatic carbocycles. The number of anilines is 4. The molecule has 70 heavy (non-hydrogen) atoms. The number of Topliss-reactive ketones (excluding diaryl/α,β-unsaturated/α-hetero) is 2. The molecule has 2 atom stereocenters. The summed E-state index contributed by atoms with van der Waals surface area (Å²) in [6, 6.07) is 13.1. The zero-order valence-corrected chi connectivity index (χ0v) is 39.7. The van der Waals surface area contributed by atoms with E-state index in [2.05, 4.69) is 41.7 Å². The highest BCUT2D eigenvalue weighted by molar-refractivity contribution is 6.38. The van der Waals surface area contributed by atoms with Gasteiger partial charge in [0, 0.05) is 11.4 Å². The molecule has 0 heterocycles. The van der Waals surface area contributed by atoms with Crippen LogP contribution in [0.1, 0.15) is 70.7 Å². The van der Waals surface area contributed by atoms with E-state index in [0.717, 1.165) is 50.2 Å². The molecule has 0 spiro atoms. The van der Waals surface area contributed by atoms with Crippen LogP contribution >= 0.6 is 46.4 Å². The molecular formula is C46H36Cl4F6N8O6. The zero-order chi connectivity index (χ0) is 51.8. The molecule has 24 heteroatoms. The standard InChI is InChI=1S/C46H36Cl4F6N8O6/c1-5-23-24(6-2)30(58-44(70)40(22(4)66)64-62-34-18-8-12-26(36(34)48)42(68)60-32-16-10-14-28(38(32)50)46(54,55)56)20-19-29(23)57-43(69)39(21(3)65)63-61-33-17-7-11-25(35(33)47)41(67)59-31-15-9-13-27(37(31)49)45(51,52)53/h7-20,39-40H,5-6H2,1-4H3,(H,57,69)(H,58,70)(H,59,67)(H,60,68). The first-order chi connectivity index (χ1) is 32.9. The van der Waals surface area contributed by atoms with Gasteiger partial charge in [-0.2, -0.15) is 46.8 Å². The lowest BCUT2D eigenvalue weighted by Gasteiger charge is -2.20. The molecule has 0 saturated carbocycles. The molecule has 5 aromatic carbocycles. The molecule has 0 radical (unpaired) electrons.